The van der Waals surface area contributed by atoms with E-state index < -0.39 is 12.2 Å². The summed E-state index contributed by atoms with van der Waals surface area (Å²) in [5.74, 6) is 0.406. The van der Waals surface area contributed by atoms with Gasteiger partial charge in [0.25, 0.3) is 0 Å². The number of benzene rings is 1. The minimum atomic E-state index is -4.37. The van der Waals surface area contributed by atoms with Crippen molar-refractivity contribution >= 4 is 26.8 Å². The standard InChI is InChI=1S/C15H18BrF3N2/c1-9(2)7-21-8-10(5-14(20)15(17,18)19)12-4-3-11(16)6-13(12)21/h3-4,6,8-9,14H,5,7,20H2,1-2H3. The van der Waals surface area contributed by atoms with E-state index in [2.05, 4.69) is 29.8 Å². The first-order valence-electron chi connectivity index (χ1n) is 6.78. The first-order chi connectivity index (χ1) is 9.68. The van der Waals surface area contributed by atoms with Crippen molar-refractivity contribution in [2.24, 2.45) is 11.7 Å². The summed E-state index contributed by atoms with van der Waals surface area (Å²) in [6, 6.07) is 3.78. The van der Waals surface area contributed by atoms with E-state index in [1.807, 2.05) is 22.8 Å². The maximum Gasteiger partial charge on any atom is 0.403 e. The zero-order chi connectivity index (χ0) is 15.8. The molecule has 1 atom stereocenters. The van der Waals surface area contributed by atoms with E-state index in [0.29, 0.717) is 11.5 Å². The minimum Gasteiger partial charge on any atom is -0.347 e. The van der Waals surface area contributed by atoms with Crippen molar-refractivity contribution in [2.45, 2.75) is 39.0 Å². The van der Waals surface area contributed by atoms with Crippen LogP contribution in [0.15, 0.2) is 28.9 Å². The highest BCUT2D eigenvalue weighted by Crippen LogP contribution is 2.29. The zero-order valence-electron chi connectivity index (χ0n) is 11.9. The van der Waals surface area contributed by atoms with E-state index in [1.165, 1.54) is 0 Å². The Labute approximate surface area is 130 Å². The van der Waals surface area contributed by atoms with Crippen LogP contribution in [0.2, 0.25) is 0 Å². The SMILES string of the molecule is CC(C)Cn1cc(CC(N)C(F)(F)F)c2ccc(Br)cc21. The first-order valence-corrected chi connectivity index (χ1v) is 7.57. The number of fused-ring (bicyclic) bond motifs is 1. The Morgan fingerprint density at radius 2 is 1.95 bits per heavy atom. The molecule has 2 N–H and O–H groups in total. The average molecular weight is 363 g/mol. The highest BCUT2D eigenvalue weighted by molar-refractivity contribution is 9.10. The van der Waals surface area contributed by atoms with Crippen LogP contribution in [-0.4, -0.2) is 16.8 Å². The summed E-state index contributed by atoms with van der Waals surface area (Å²) in [6.45, 7) is 4.91. The van der Waals surface area contributed by atoms with E-state index in [-0.39, 0.29) is 6.42 Å². The van der Waals surface area contributed by atoms with Gasteiger partial charge in [-0.15, -0.1) is 0 Å². The molecular weight excluding hydrogens is 345 g/mol. The Bertz CT molecular complexity index is 632. The van der Waals surface area contributed by atoms with Gasteiger partial charge in [-0.05, 0) is 30.0 Å². The summed E-state index contributed by atoms with van der Waals surface area (Å²) in [7, 11) is 0. The molecule has 1 heterocycles. The van der Waals surface area contributed by atoms with Gasteiger partial charge >= 0.3 is 6.18 Å². The van der Waals surface area contributed by atoms with E-state index >= 15 is 0 Å². The Hall–Kier alpha value is -1.01. The third kappa shape index (κ3) is 3.80. The summed E-state index contributed by atoms with van der Waals surface area (Å²) in [5.41, 5.74) is 6.85. The fourth-order valence-electron chi connectivity index (χ4n) is 2.40. The Morgan fingerprint density at radius 1 is 1.29 bits per heavy atom. The molecule has 0 saturated carbocycles. The molecular formula is C15H18BrF3N2. The molecule has 0 aliphatic carbocycles. The van der Waals surface area contributed by atoms with E-state index in [4.69, 9.17) is 5.73 Å². The molecule has 0 bridgehead atoms. The predicted octanol–water partition coefficient (Wildman–Crippen LogP) is 4.49. The molecule has 0 spiro atoms. The number of rotatable bonds is 4. The second-order valence-electron chi connectivity index (χ2n) is 5.71. The molecule has 0 fully saturated rings. The maximum atomic E-state index is 12.7. The smallest absolute Gasteiger partial charge is 0.347 e. The van der Waals surface area contributed by atoms with Crippen molar-refractivity contribution in [3.8, 4) is 0 Å². The lowest BCUT2D eigenvalue weighted by molar-refractivity contribution is -0.147. The summed E-state index contributed by atoms with van der Waals surface area (Å²) in [4.78, 5) is 0. The molecule has 2 aromatic rings. The molecule has 1 aromatic heterocycles. The first kappa shape index (κ1) is 16.4. The molecule has 0 aliphatic heterocycles. The number of aromatic nitrogens is 1. The van der Waals surface area contributed by atoms with Crippen molar-refractivity contribution in [2.75, 3.05) is 0 Å². The molecule has 0 saturated heterocycles. The van der Waals surface area contributed by atoms with Gasteiger partial charge in [0.15, 0.2) is 0 Å². The Kier molecular flexibility index (Phi) is 4.68. The summed E-state index contributed by atoms with van der Waals surface area (Å²) in [5, 5.41) is 0.832. The predicted molar refractivity (Wildman–Crippen MR) is 82.2 cm³/mol. The van der Waals surface area contributed by atoms with Crippen LogP contribution in [0.3, 0.4) is 0 Å². The van der Waals surface area contributed by atoms with Gasteiger partial charge in [-0.2, -0.15) is 13.2 Å². The summed E-state index contributed by atoms with van der Waals surface area (Å²) in [6.07, 6.45) is -2.78. The monoisotopic (exact) mass is 362 g/mol. The van der Waals surface area contributed by atoms with Crippen molar-refractivity contribution in [1.82, 2.24) is 4.57 Å². The van der Waals surface area contributed by atoms with Crippen molar-refractivity contribution in [3.05, 3.63) is 34.4 Å². The number of nitrogens with two attached hydrogens (primary N) is 1. The van der Waals surface area contributed by atoms with Crippen LogP contribution in [0, 0.1) is 5.92 Å². The second-order valence-corrected chi connectivity index (χ2v) is 6.63. The van der Waals surface area contributed by atoms with Crippen LogP contribution in [0.1, 0.15) is 19.4 Å². The van der Waals surface area contributed by atoms with Gasteiger partial charge in [-0.1, -0.05) is 35.8 Å². The average Bonchev–Trinajstić information content (AvgIpc) is 2.65. The van der Waals surface area contributed by atoms with Gasteiger partial charge in [-0.3, -0.25) is 0 Å². The van der Waals surface area contributed by atoms with Crippen LogP contribution in [0.4, 0.5) is 13.2 Å². The van der Waals surface area contributed by atoms with Crippen LogP contribution in [0.5, 0.6) is 0 Å². The minimum absolute atomic E-state index is 0.202. The summed E-state index contributed by atoms with van der Waals surface area (Å²) >= 11 is 3.41. The number of nitrogens with zero attached hydrogens (tertiary/aromatic N) is 1. The summed E-state index contributed by atoms with van der Waals surface area (Å²) < 4.78 is 40.9. The number of halogens is 4. The van der Waals surface area contributed by atoms with Crippen molar-refractivity contribution in [3.63, 3.8) is 0 Å². The molecule has 0 aliphatic rings. The van der Waals surface area contributed by atoms with Gasteiger partial charge in [0.05, 0.1) is 0 Å². The van der Waals surface area contributed by atoms with Crippen LogP contribution >= 0.6 is 15.9 Å². The van der Waals surface area contributed by atoms with Crippen LogP contribution in [0.25, 0.3) is 10.9 Å². The van der Waals surface area contributed by atoms with Gasteiger partial charge in [0.2, 0.25) is 0 Å². The van der Waals surface area contributed by atoms with Gasteiger partial charge in [0, 0.05) is 28.1 Å². The molecule has 1 unspecified atom stereocenters. The van der Waals surface area contributed by atoms with Gasteiger partial charge in [0.1, 0.15) is 6.04 Å². The molecule has 0 radical (unpaired) electrons. The van der Waals surface area contributed by atoms with Crippen molar-refractivity contribution < 1.29 is 13.2 Å². The van der Waals surface area contributed by atoms with E-state index in [0.717, 1.165) is 21.9 Å². The Balaban J connectivity index is 2.44. The highest BCUT2D eigenvalue weighted by Gasteiger charge is 2.37. The molecule has 21 heavy (non-hydrogen) atoms. The number of alkyl halides is 3. The molecule has 0 amide bonds. The van der Waals surface area contributed by atoms with Gasteiger partial charge < -0.3 is 10.3 Å². The molecule has 1 aromatic carbocycles. The zero-order valence-corrected chi connectivity index (χ0v) is 13.5. The van der Waals surface area contributed by atoms with Crippen LogP contribution < -0.4 is 5.73 Å². The van der Waals surface area contributed by atoms with Crippen LogP contribution in [-0.2, 0) is 13.0 Å². The van der Waals surface area contributed by atoms with E-state index in [9.17, 15) is 13.2 Å². The van der Waals surface area contributed by atoms with Gasteiger partial charge in [-0.25, -0.2) is 0 Å². The van der Waals surface area contributed by atoms with E-state index in [1.54, 1.807) is 6.20 Å². The fraction of sp³-hybridized carbons (Fsp3) is 0.467. The fourth-order valence-corrected chi connectivity index (χ4v) is 2.75. The third-order valence-corrected chi connectivity index (χ3v) is 3.84. The molecule has 2 nitrogen and oxygen atoms in total. The maximum absolute atomic E-state index is 12.7. The third-order valence-electron chi connectivity index (χ3n) is 3.35. The topological polar surface area (TPSA) is 30.9 Å². The lowest BCUT2D eigenvalue weighted by Gasteiger charge is -2.14. The van der Waals surface area contributed by atoms with Crippen molar-refractivity contribution in [1.29, 1.82) is 0 Å². The number of hydrogen-bond donors (Lipinski definition) is 1. The molecule has 116 valence electrons. The molecule has 2 rings (SSSR count). The lowest BCUT2D eigenvalue weighted by atomic mass is 10.1. The largest absolute Gasteiger partial charge is 0.403 e. The number of hydrogen-bond acceptors (Lipinski definition) is 1. The quantitative estimate of drug-likeness (QED) is 0.853. The highest BCUT2D eigenvalue weighted by atomic mass is 79.9. The second kappa shape index (κ2) is 6.01. The Morgan fingerprint density at radius 3 is 2.52 bits per heavy atom. The molecule has 6 heteroatoms. The lowest BCUT2D eigenvalue weighted by Crippen LogP contribution is -2.39. The normalized spacial score (nSPS) is 14.1.